The van der Waals surface area contributed by atoms with Crippen molar-refractivity contribution in [2.24, 2.45) is 0 Å². The summed E-state index contributed by atoms with van der Waals surface area (Å²) in [6.45, 7) is 4.77. The van der Waals surface area contributed by atoms with Gasteiger partial charge in [0.1, 0.15) is 0 Å². The summed E-state index contributed by atoms with van der Waals surface area (Å²) in [5, 5.41) is 3.17. The molecule has 0 aliphatic rings. The first kappa shape index (κ1) is 13.2. The maximum absolute atomic E-state index is 5.63. The molecule has 0 amide bonds. The van der Waals surface area contributed by atoms with E-state index in [1.807, 2.05) is 32.2 Å². The van der Waals surface area contributed by atoms with Crippen LogP contribution in [0.15, 0.2) is 30.3 Å². The first-order chi connectivity index (χ1) is 7.86. The molecule has 0 aliphatic carbocycles. The summed E-state index contributed by atoms with van der Waals surface area (Å²) in [6, 6.07) is 10.5. The lowest BCUT2D eigenvalue weighted by Gasteiger charge is -2.16. The van der Waals surface area contributed by atoms with E-state index in [0.29, 0.717) is 19.8 Å². The lowest BCUT2D eigenvalue weighted by atomic mass is 10.2. The van der Waals surface area contributed by atoms with Gasteiger partial charge >= 0.3 is 0 Å². The third-order valence-corrected chi connectivity index (χ3v) is 2.36. The van der Waals surface area contributed by atoms with Gasteiger partial charge in [0.15, 0.2) is 0 Å². The van der Waals surface area contributed by atoms with Crippen molar-refractivity contribution in [3.8, 4) is 0 Å². The van der Waals surface area contributed by atoms with Gasteiger partial charge < -0.3 is 14.8 Å². The summed E-state index contributed by atoms with van der Waals surface area (Å²) >= 11 is 0. The molecule has 0 aliphatic heterocycles. The van der Waals surface area contributed by atoms with Crippen LogP contribution >= 0.6 is 0 Å². The number of ether oxygens (including phenoxy) is 2. The van der Waals surface area contributed by atoms with Gasteiger partial charge in [-0.25, -0.2) is 0 Å². The predicted octanol–water partition coefficient (Wildman–Crippen LogP) is 1.83. The highest BCUT2D eigenvalue weighted by Gasteiger charge is 2.05. The van der Waals surface area contributed by atoms with E-state index in [0.717, 1.165) is 6.61 Å². The van der Waals surface area contributed by atoms with Crippen molar-refractivity contribution < 1.29 is 9.47 Å². The van der Waals surface area contributed by atoms with Crippen LogP contribution in [0.2, 0.25) is 0 Å². The molecule has 1 aromatic rings. The second kappa shape index (κ2) is 8.28. The van der Waals surface area contributed by atoms with Crippen molar-refractivity contribution in [3.63, 3.8) is 0 Å². The molecular weight excluding hydrogens is 202 g/mol. The monoisotopic (exact) mass is 223 g/mol. The van der Waals surface area contributed by atoms with Crippen molar-refractivity contribution in [3.05, 3.63) is 35.9 Å². The molecule has 3 nitrogen and oxygen atoms in total. The molecule has 0 heterocycles. The van der Waals surface area contributed by atoms with Gasteiger partial charge in [-0.3, -0.25) is 0 Å². The third-order valence-electron chi connectivity index (χ3n) is 2.36. The van der Waals surface area contributed by atoms with Crippen LogP contribution in [0.25, 0.3) is 0 Å². The topological polar surface area (TPSA) is 30.5 Å². The molecule has 0 aromatic heterocycles. The van der Waals surface area contributed by atoms with Gasteiger partial charge in [0.2, 0.25) is 0 Å². The van der Waals surface area contributed by atoms with Crippen LogP contribution in [0.3, 0.4) is 0 Å². The minimum atomic E-state index is 0.267. The van der Waals surface area contributed by atoms with Crippen LogP contribution in [-0.4, -0.2) is 32.9 Å². The predicted molar refractivity (Wildman–Crippen MR) is 65.4 cm³/mol. The van der Waals surface area contributed by atoms with Crippen LogP contribution < -0.4 is 5.32 Å². The fourth-order valence-electron chi connectivity index (χ4n) is 1.37. The van der Waals surface area contributed by atoms with Crippen molar-refractivity contribution in [1.82, 2.24) is 5.32 Å². The average Bonchev–Trinajstić information content (AvgIpc) is 2.35. The van der Waals surface area contributed by atoms with Gasteiger partial charge in [-0.1, -0.05) is 30.3 Å². The summed E-state index contributed by atoms with van der Waals surface area (Å²) in [5.74, 6) is 0. The number of hydrogen-bond acceptors (Lipinski definition) is 3. The molecule has 0 saturated carbocycles. The molecule has 0 bridgehead atoms. The van der Waals surface area contributed by atoms with Crippen molar-refractivity contribution in [1.29, 1.82) is 0 Å². The Balaban J connectivity index is 2.18. The standard InChI is InChI=1S/C13H21NO2/c1-3-15-10-13(14-2)11-16-9-12-7-5-4-6-8-12/h4-8,13-14H,3,9-11H2,1-2H3. The quantitative estimate of drug-likeness (QED) is 0.729. The summed E-state index contributed by atoms with van der Waals surface area (Å²) in [6.07, 6.45) is 0. The number of rotatable bonds is 8. The minimum Gasteiger partial charge on any atom is -0.380 e. The van der Waals surface area contributed by atoms with E-state index in [1.54, 1.807) is 0 Å². The van der Waals surface area contributed by atoms with Gasteiger partial charge in [-0.05, 0) is 19.5 Å². The Morgan fingerprint density at radius 3 is 2.44 bits per heavy atom. The lowest BCUT2D eigenvalue weighted by molar-refractivity contribution is 0.0555. The highest BCUT2D eigenvalue weighted by molar-refractivity contribution is 5.13. The SMILES string of the molecule is CCOCC(COCc1ccccc1)NC. The summed E-state index contributed by atoms with van der Waals surface area (Å²) in [5.41, 5.74) is 1.20. The van der Waals surface area contributed by atoms with Crippen molar-refractivity contribution >= 4 is 0 Å². The van der Waals surface area contributed by atoms with Gasteiger partial charge in [0, 0.05) is 6.61 Å². The Bertz CT molecular complexity index is 264. The van der Waals surface area contributed by atoms with Gasteiger partial charge in [0.25, 0.3) is 0 Å². The Morgan fingerprint density at radius 1 is 1.12 bits per heavy atom. The maximum atomic E-state index is 5.63. The van der Waals surface area contributed by atoms with E-state index in [2.05, 4.69) is 17.4 Å². The van der Waals surface area contributed by atoms with Crippen molar-refractivity contribution in [2.75, 3.05) is 26.9 Å². The number of benzene rings is 1. The molecule has 0 saturated heterocycles. The van der Waals surface area contributed by atoms with Crippen molar-refractivity contribution in [2.45, 2.75) is 19.6 Å². The normalized spacial score (nSPS) is 12.6. The number of hydrogen-bond donors (Lipinski definition) is 1. The average molecular weight is 223 g/mol. The molecule has 3 heteroatoms. The molecule has 1 unspecified atom stereocenters. The number of likely N-dealkylation sites (N-methyl/N-ethyl adjacent to an activating group) is 1. The van der Waals surface area contributed by atoms with E-state index < -0.39 is 0 Å². The number of nitrogens with one attached hydrogen (secondary N) is 1. The van der Waals surface area contributed by atoms with Crippen LogP contribution in [-0.2, 0) is 16.1 Å². The summed E-state index contributed by atoms with van der Waals surface area (Å²) in [7, 11) is 1.93. The molecule has 1 N–H and O–H groups in total. The van der Waals surface area contributed by atoms with E-state index in [1.165, 1.54) is 5.56 Å². The highest BCUT2D eigenvalue weighted by atomic mass is 16.5. The third kappa shape index (κ3) is 5.26. The zero-order valence-electron chi connectivity index (χ0n) is 10.1. The smallest absolute Gasteiger partial charge is 0.0717 e. The van der Waals surface area contributed by atoms with E-state index >= 15 is 0 Å². The molecule has 1 aromatic carbocycles. The largest absolute Gasteiger partial charge is 0.380 e. The van der Waals surface area contributed by atoms with E-state index in [4.69, 9.17) is 9.47 Å². The van der Waals surface area contributed by atoms with Gasteiger partial charge in [-0.15, -0.1) is 0 Å². The Morgan fingerprint density at radius 2 is 1.81 bits per heavy atom. The zero-order valence-corrected chi connectivity index (χ0v) is 10.1. The van der Waals surface area contributed by atoms with E-state index in [9.17, 15) is 0 Å². The summed E-state index contributed by atoms with van der Waals surface area (Å²) < 4.78 is 11.0. The summed E-state index contributed by atoms with van der Waals surface area (Å²) in [4.78, 5) is 0. The fourth-order valence-corrected chi connectivity index (χ4v) is 1.37. The Labute approximate surface area is 97.8 Å². The van der Waals surface area contributed by atoms with Crippen LogP contribution in [0.1, 0.15) is 12.5 Å². The molecule has 1 atom stereocenters. The van der Waals surface area contributed by atoms with Crippen LogP contribution in [0.5, 0.6) is 0 Å². The zero-order chi connectivity index (χ0) is 11.6. The molecule has 16 heavy (non-hydrogen) atoms. The second-order valence-corrected chi connectivity index (χ2v) is 3.65. The molecule has 90 valence electrons. The van der Waals surface area contributed by atoms with Gasteiger partial charge in [0.05, 0.1) is 25.9 Å². The molecular formula is C13H21NO2. The first-order valence-corrected chi connectivity index (χ1v) is 5.73. The Kier molecular flexibility index (Phi) is 6.81. The molecule has 1 rings (SSSR count). The molecule has 0 spiro atoms. The van der Waals surface area contributed by atoms with Crippen LogP contribution in [0, 0.1) is 0 Å². The minimum absolute atomic E-state index is 0.267. The Hall–Kier alpha value is -0.900. The second-order valence-electron chi connectivity index (χ2n) is 3.65. The first-order valence-electron chi connectivity index (χ1n) is 5.73. The van der Waals surface area contributed by atoms with Crippen LogP contribution in [0.4, 0.5) is 0 Å². The van der Waals surface area contributed by atoms with E-state index in [-0.39, 0.29) is 6.04 Å². The maximum Gasteiger partial charge on any atom is 0.0717 e. The van der Waals surface area contributed by atoms with Gasteiger partial charge in [-0.2, -0.15) is 0 Å². The molecule has 0 fully saturated rings. The highest BCUT2D eigenvalue weighted by Crippen LogP contribution is 2.01. The lowest BCUT2D eigenvalue weighted by Crippen LogP contribution is -2.34. The fraction of sp³-hybridized carbons (Fsp3) is 0.538. The molecule has 0 radical (unpaired) electrons.